The van der Waals surface area contributed by atoms with Crippen molar-refractivity contribution in [3.05, 3.63) is 58.7 Å². The Morgan fingerprint density at radius 2 is 1.84 bits per heavy atom. The number of nitrogens with zero attached hydrogens (tertiary/aromatic N) is 1. The third-order valence-electron chi connectivity index (χ3n) is 4.74. The van der Waals surface area contributed by atoms with Gasteiger partial charge in [-0.1, -0.05) is 30.3 Å². The Balaban J connectivity index is 2.03. The zero-order chi connectivity index (χ0) is 18.4. The number of carbonyl (C=O) groups is 2. The fourth-order valence-electron chi connectivity index (χ4n) is 3.32. The third kappa shape index (κ3) is 2.50. The van der Waals surface area contributed by atoms with Gasteiger partial charge in [0, 0.05) is 24.1 Å². The van der Waals surface area contributed by atoms with Crippen molar-refractivity contribution in [3.63, 3.8) is 0 Å². The molecule has 132 valence electrons. The molecule has 1 atom stereocenters. The van der Waals surface area contributed by atoms with E-state index in [0.29, 0.717) is 22.3 Å². The van der Waals surface area contributed by atoms with Gasteiger partial charge in [-0.25, -0.2) is 4.79 Å². The number of hydrogen-bond acceptors (Lipinski definition) is 4. The molecule has 0 saturated heterocycles. The van der Waals surface area contributed by atoms with Crippen LogP contribution in [0.15, 0.2) is 53.1 Å². The summed E-state index contributed by atoms with van der Waals surface area (Å²) >= 11 is 0. The van der Waals surface area contributed by atoms with E-state index < -0.39 is 17.7 Å². The van der Waals surface area contributed by atoms with E-state index in [-0.39, 0.29) is 18.7 Å². The molecule has 1 aliphatic heterocycles. The Hall–Kier alpha value is -2.41. The highest BCUT2D eigenvalue weighted by Crippen LogP contribution is 2.48. The fourth-order valence-corrected chi connectivity index (χ4v) is 3.32. The number of rotatable bonds is 3. The van der Waals surface area contributed by atoms with E-state index >= 15 is 0 Å². The fraction of sp³-hybridized carbons (Fsp3) is 0.333. The van der Waals surface area contributed by atoms with E-state index in [0.717, 1.165) is 18.1 Å². The molecular formula is C18H16F3NO3. The predicted molar refractivity (Wildman–Crippen MR) is 83.9 cm³/mol. The van der Waals surface area contributed by atoms with E-state index in [4.69, 9.17) is 0 Å². The van der Waals surface area contributed by atoms with Gasteiger partial charge in [0.2, 0.25) is 5.54 Å². The number of carbonyl (C=O) groups excluding carboxylic acids is 2. The second-order valence-corrected chi connectivity index (χ2v) is 6.11. The average molecular weight is 351 g/mol. The number of ether oxygens (including phenoxy) is 1. The summed E-state index contributed by atoms with van der Waals surface area (Å²) in [4.78, 5) is 25.4. The van der Waals surface area contributed by atoms with Gasteiger partial charge in [-0.15, -0.1) is 0 Å². The van der Waals surface area contributed by atoms with E-state index in [2.05, 4.69) is 4.74 Å². The van der Waals surface area contributed by atoms with Gasteiger partial charge < -0.3 is 4.74 Å². The summed E-state index contributed by atoms with van der Waals surface area (Å²) in [5, 5.41) is 0. The van der Waals surface area contributed by atoms with Crippen LogP contribution in [0.25, 0.3) is 0 Å². The van der Waals surface area contributed by atoms with Crippen LogP contribution in [0.5, 0.6) is 0 Å². The van der Waals surface area contributed by atoms with Crippen LogP contribution in [-0.4, -0.2) is 49.1 Å². The van der Waals surface area contributed by atoms with Gasteiger partial charge in [-0.3, -0.25) is 9.69 Å². The van der Waals surface area contributed by atoms with Gasteiger partial charge in [-0.2, -0.15) is 13.2 Å². The number of Topliss-reactive ketones (excluding diaryl/α,β-unsaturated/α-hetero) is 1. The van der Waals surface area contributed by atoms with Crippen LogP contribution in [0.3, 0.4) is 0 Å². The van der Waals surface area contributed by atoms with Crippen molar-refractivity contribution in [2.24, 2.45) is 0 Å². The minimum atomic E-state index is -4.83. The topological polar surface area (TPSA) is 46.6 Å². The molecule has 1 aromatic rings. The molecule has 25 heavy (non-hydrogen) atoms. The number of esters is 1. The van der Waals surface area contributed by atoms with Gasteiger partial charge in [-0.05, 0) is 24.3 Å². The molecule has 1 aromatic carbocycles. The van der Waals surface area contributed by atoms with Crippen molar-refractivity contribution in [1.29, 1.82) is 0 Å². The Morgan fingerprint density at radius 1 is 1.20 bits per heavy atom. The quantitative estimate of drug-likeness (QED) is 0.621. The van der Waals surface area contributed by atoms with E-state index in [1.807, 2.05) is 0 Å². The summed E-state index contributed by atoms with van der Waals surface area (Å²) in [6.07, 6.45) is -3.82. The average Bonchev–Trinajstić information content (AvgIpc) is 2.57. The van der Waals surface area contributed by atoms with Gasteiger partial charge in [0.25, 0.3) is 0 Å². The molecule has 2 aliphatic rings. The first-order chi connectivity index (χ1) is 11.7. The number of fused-ring (bicyclic) bond motifs is 1. The van der Waals surface area contributed by atoms with Crippen LogP contribution in [0.1, 0.15) is 16.8 Å². The number of hydrogen-bond donors (Lipinski definition) is 0. The minimum absolute atomic E-state index is 0.117. The maximum absolute atomic E-state index is 13.7. The number of ketones is 1. The maximum Gasteiger partial charge on any atom is 0.421 e. The Labute approximate surface area is 142 Å². The van der Waals surface area contributed by atoms with E-state index in [1.165, 1.54) is 7.05 Å². The monoisotopic (exact) mass is 351 g/mol. The molecule has 0 saturated carbocycles. The van der Waals surface area contributed by atoms with Crippen LogP contribution in [0.4, 0.5) is 13.2 Å². The van der Waals surface area contributed by atoms with Crippen molar-refractivity contribution in [3.8, 4) is 0 Å². The number of halogens is 3. The van der Waals surface area contributed by atoms with Crippen molar-refractivity contribution in [1.82, 2.24) is 4.90 Å². The molecule has 0 fully saturated rings. The molecule has 0 N–H and O–H groups in total. The summed E-state index contributed by atoms with van der Waals surface area (Å²) < 4.78 is 45.4. The van der Waals surface area contributed by atoms with Gasteiger partial charge in [0.1, 0.15) is 0 Å². The second-order valence-electron chi connectivity index (χ2n) is 6.11. The third-order valence-corrected chi connectivity index (χ3v) is 4.74. The van der Waals surface area contributed by atoms with Crippen molar-refractivity contribution < 1.29 is 27.5 Å². The van der Waals surface area contributed by atoms with E-state index in [1.54, 1.807) is 30.3 Å². The molecule has 0 spiro atoms. The van der Waals surface area contributed by atoms with Crippen LogP contribution < -0.4 is 0 Å². The lowest BCUT2D eigenvalue weighted by Gasteiger charge is -2.45. The molecule has 0 amide bonds. The summed E-state index contributed by atoms with van der Waals surface area (Å²) in [6, 6.07) is 8.57. The summed E-state index contributed by atoms with van der Waals surface area (Å²) in [5.41, 5.74) is -0.903. The lowest BCUT2D eigenvalue weighted by atomic mass is 9.73. The normalized spacial score (nSPS) is 23.5. The first kappa shape index (κ1) is 17.4. The smallest absolute Gasteiger partial charge is 0.421 e. The molecule has 0 bridgehead atoms. The number of allylic oxidation sites excluding steroid dienone is 1. The summed E-state index contributed by atoms with van der Waals surface area (Å²) in [5.74, 6) is -1.57. The zero-order valence-electron chi connectivity index (χ0n) is 13.7. The SMILES string of the molecule is COC(=O)C1(C(F)(F)F)C=C2CC(C(=O)c3ccccc3)=C2CN1C. The summed E-state index contributed by atoms with van der Waals surface area (Å²) in [7, 11) is 2.13. The lowest BCUT2D eigenvalue weighted by molar-refractivity contribution is -0.223. The first-order valence-electron chi connectivity index (χ1n) is 7.62. The molecule has 4 nitrogen and oxygen atoms in total. The number of alkyl halides is 3. The van der Waals surface area contributed by atoms with Crippen LogP contribution in [0.2, 0.25) is 0 Å². The van der Waals surface area contributed by atoms with Gasteiger partial charge in [0.05, 0.1) is 7.11 Å². The van der Waals surface area contributed by atoms with E-state index in [9.17, 15) is 22.8 Å². The first-order valence-corrected chi connectivity index (χ1v) is 7.62. The van der Waals surface area contributed by atoms with Crippen LogP contribution in [-0.2, 0) is 9.53 Å². The number of likely N-dealkylation sites (N-methyl/N-ethyl adjacent to an activating group) is 1. The second kappa shape index (κ2) is 5.84. The van der Waals surface area contributed by atoms with Gasteiger partial charge >= 0.3 is 12.1 Å². The molecule has 0 radical (unpaired) electrons. The molecule has 0 aromatic heterocycles. The molecule has 1 aliphatic carbocycles. The summed E-state index contributed by atoms with van der Waals surface area (Å²) in [6.45, 7) is -0.144. The van der Waals surface area contributed by atoms with Crippen molar-refractivity contribution in [2.45, 2.75) is 18.1 Å². The highest BCUT2D eigenvalue weighted by molar-refractivity contribution is 6.11. The Morgan fingerprint density at radius 3 is 2.40 bits per heavy atom. The largest absolute Gasteiger partial charge is 0.467 e. The maximum atomic E-state index is 13.7. The highest BCUT2D eigenvalue weighted by Gasteiger charge is 2.65. The standard InChI is InChI=1S/C18H16F3NO3/c1-22-10-14-12(9-17(22,16(24)25-2)18(19,20)21)8-13(14)15(23)11-6-4-3-5-7-11/h3-7,9H,8,10H2,1-2H3. The number of methoxy groups -OCH3 is 1. The molecular weight excluding hydrogens is 335 g/mol. The van der Waals surface area contributed by atoms with Crippen LogP contribution >= 0.6 is 0 Å². The van der Waals surface area contributed by atoms with Crippen LogP contribution in [0, 0.1) is 0 Å². The molecule has 7 heteroatoms. The molecule has 1 unspecified atom stereocenters. The number of benzene rings is 1. The van der Waals surface area contributed by atoms with Crippen molar-refractivity contribution in [2.75, 3.05) is 20.7 Å². The Bertz CT molecular complexity index is 796. The minimum Gasteiger partial charge on any atom is -0.467 e. The zero-order valence-corrected chi connectivity index (χ0v) is 13.7. The molecule has 3 rings (SSSR count). The van der Waals surface area contributed by atoms with Gasteiger partial charge in [0.15, 0.2) is 5.78 Å². The molecule has 1 heterocycles. The van der Waals surface area contributed by atoms with Crippen molar-refractivity contribution >= 4 is 11.8 Å². The predicted octanol–water partition coefficient (Wildman–Crippen LogP) is 2.92. The lowest BCUT2D eigenvalue weighted by Crippen LogP contribution is -2.64. The Kier molecular flexibility index (Phi) is 4.07. The highest BCUT2D eigenvalue weighted by atomic mass is 19.4.